The van der Waals surface area contributed by atoms with E-state index in [4.69, 9.17) is 4.74 Å². The van der Waals surface area contributed by atoms with Gasteiger partial charge in [-0.1, -0.05) is 12.1 Å². The average Bonchev–Trinajstić information content (AvgIpc) is 3.00. The second-order valence-corrected chi connectivity index (χ2v) is 6.06. The quantitative estimate of drug-likeness (QED) is 0.824. The Kier molecular flexibility index (Phi) is 3.39. The van der Waals surface area contributed by atoms with Gasteiger partial charge in [0.2, 0.25) is 5.91 Å². The molecule has 2 saturated heterocycles. The number of fused-ring (bicyclic) bond motifs is 1. The molecule has 2 aliphatic rings. The van der Waals surface area contributed by atoms with E-state index in [0.717, 1.165) is 29.7 Å². The minimum Gasteiger partial charge on any atom is -0.388 e. The van der Waals surface area contributed by atoms with Crippen LogP contribution in [-0.4, -0.2) is 52.8 Å². The number of carbonyl (C=O) groups excluding carboxylic acids is 1. The van der Waals surface area contributed by atoms with E-state index in [0.29, 0.717) is 18.9 Å². The maximum atomic E-state index is 11.3. The number of nitrogens with zero attached hydrogens (tertiary/aromatic N) is 3. The lowest BCUT2D eigenvalue weighted by molar-refractivity contribution is -0.141. The Morgan fingerprint density at radius 3 is 3.00 bits per heavy atom. The van der Waals surface area contributed by atoms with Gasteiger partial charge in [-0.25, -0.2) is 9.97 Å². The van der Waals surface area contributed by atoms with Gasteiger partial charge in [0.1, 0.15) is 24.6 Å². The van der Waals surface area contributed by atoms with Gasteiger partial charge in [0.05, 0.1) is 12.1 Å². The summed E-state index contributed by atoms with van der Waals surface area (Å²) in [5, 5.41) is 13.3. The molecule has 120 valence electrons. The van der Waals surface area contributed by atoms with E-state index in [1.54, 1.807) is 0 Å². The Hall–Kier alpha value is -2.25. The number of rotatable bonds is 2. The molecule has 2 fully saturated rings. The SMILES string of the molecule is O=C1COC2(CCN(c3nc(CO)nc4ccccc34)C2)CN1. The van der Waals surface area contributed by atoms with Crippen molar-refractivity contribution in [2.45, 2.75) is 18.6 Å². The molecular weight excluding hydrogens is 296 g/mol. The second kappa shape index (κ2) is 5.43. The first kappa shape index (κ1) is 14.3. The van der Waals surface area contributed by atoms with Crippen LogP contribution in [0.1, 0.15) is 12.2 Å². The highest BCUT2D eigenvalue weighted by Gasteiger charge is 2.43. The van der Waals surface area contributed by atoms with Crippen molar-refractivity contribution in [3.8, 4) is 0 Å². The van der Waals surface area contributed by atoms with Crippen molar-refractivity contribution < 1.29 is 14.6 Å². The summed E-state index contributed by atoms with van der Waals surface area (Å²) in [6.07, 6.45) is 0.833. The molecule has 1 unspecified atom stereocenters. The van der Waals surface area contributed by atoms with Gasteiger partial charge in [-0.2, -0.15) is 0 Å². The molecule has 1 atom stereocenters. The van der Waals surface area contributed by atoms with Crippen LogP contribution in [0.5, 0.6) is 0 Å². The van der Waals surface area contributed by atoms with Crippen molar-refractivity contribution in [3.63, 3.8) is 0 Å². The Bertz CT molecular complexity index is 754. The number of carbonyl (C=O) groups is 1. The number of aliphatic hydroxyl groups excluding tert-OH is 1. The summed E-state index contributed by atoms with van der Waals surface area (Å²) in [4.78, 5) is 22.3. The number of morpholine rings is 1. The fourth-order valence-corrected chi connectivity index (χ4v) is 3.29. The minimum atomic E-state index is -0.348. The lowest BCUT2D eigenvalue weighted by atomic mass is 10.0. The smallest absolute Gasteiger partial charge is 0.246 e. The van der Waals surface area contributed by atoms with Gasteiger partial charge in [-0.05, 0) is 18.6 Å². The summed E-state index contributed by atoms with van der Waals surface area (Å²) in [6, 6.07) is 7.78. The van der Waals surface area contributed by atoms with Gasteiger partial charge in [-0.3, -0.25) is 4.79 Å². The fourth-order valence-electron chi connectivity index (χ4n) is 3.29. The van der Waals surface area contributed by atoms with Gasteiger partial charge in [-0.15, -0.1) is 0 Å². The average molecular weight is 314 g/mol. The van der Waals surface area contributed by atoms with Crippen LogP contribution in [0.2, 0.25) is 0 Å². The standard InChI is InChI=1S/C16H18N4O3/c21-7-13-18-12-4-2-1-3-11(12)15(19-13)20-6-5-16(10-20)9-17-14(22)8-23-16/h1-4,21H,5-10H2,(H,17,22). The molecule has 2 N–H and O–H groups in total. The van der Waals surface area contributed by atoms with Crippen LogP contribution in [0, 0.1) is 0 Å². The van der Waals surface area contributed by atoms with Gasteiger partial charge < -0.3 is 20.1 Å². The van der Waals surface area contributed by atoms with Crippen LogP contribution in [0.4, 0.5) is 5.82 Å². The Morgan fingerprint density at radius 1 is 1.35 bits per heavy atom. The number of aromatic nitrogens is 2. The van der Waals surface area contributed by atoms with E-state index in [2.05, 4.69) is 20.2 Å². The Balaban J connectivity index is 1.68. The van der Waals surface area contributed by atoms with Gasteiger partial charge in [0, 0.05) is 18.5 Å². The van der Waals surface area contributed by atoms with Gasteiger partial charge in [0.25, 0.3) is 0 Å². The topological polar surface area (TPSA) is 87.6 Å². The van der Waals surface area contributed by atoms with E-state index in [-0.39, 0.29) is 24.7 Å². The van der Waals surface area contributed by atoms with E-state index in [9.17, 15) is 9.90 Å². The summed E-state index contributed by atoms with van der Waals surface area (Å²) in [6.45, 7) is 1.91. The van der Waals surface area contributed by atoms with Crippen LogP contribution in [-0.2, 0) is 16.1 Å². The van der Waals surface area contributed by atoms with Crippen molar-refractivity contribution >= 4 is 22.6 Å². The van der Waals surface area contributed by atoms with Crippen LogP contribution < -0.4 is 10.2 Å². The monoisotopic (exact) mass is 314 g/mol. The van der Waals surface area contributed by atoms with Crippen LogP contribution in [0.25, 0.3) is 10.9 Å². The number of aliphatic hydroxyl groups is 1. The maximum Gasteiger partial charge on any atom is 0.246 e. The number of hydrogen-bond donors (Lipinski definition) is 2. The van der Waals surface area contributed by atoms with Crippen molar-refractivity contribution in [2.75, 3.05) is 31.1 Å². The molecule has 0 bridgehead atoms. The lowest BCUT2D eigenvalue weighted by Crippen LogP contribution is -2.53. The maximum absolute atomic E-state index is 11.3. The highest BCUT2D eigenvalue weighted by Crippen LogP contribution is 2.33. The predicted molar refractivity (Wildman–Crippen MR) is 84.0 cm³/mol. The molecule has 1 amide bonds. The number of benzene rings is 1. The molecule has 1 aromatic carbocycles. The second-order valence-electron chi connectivity index (χ2n) is 6.06. The van der Waals surface area contributed by atoms with Crippen molar-refractivity contribution in [1.82, 2.24) is 15.3 Å². The zero-order chi connectivity index (χ0) is 15.9. The molecule has 2 aliphatic heterocycles. The third-order valence-corrected chi connectivity index (χ3v) is 4.50. The number of para-hydroxylation sites is 1. The molecule has 0 saturated carbocycles. The van der Waals surface area contributed by atoms with E-state index >= 15 is 0 Å². The van der Waals surface area contributed by atoms with E-state index in [1.807, 2.05) is 24.3 Å². The van der Waals surface area contributed by atoms with E-state index < -0.39 is 0 Å². The summed E-state index contributed by atoms with van der Waals surface area (Å²) >= 11 is 0. The molecule has 1 spiro atoms. The largest absolute Gasteiger partial charge is 0.388 e. The zero-order valence-corrected chi connectivity index (χ0v) is 12.7. The highest BCUT2D eigenvalue weighted by atomic mass is 16.5. The molecule has 2 aromatic rings. The molecule has 23 heavy (non-hydrogen) atoms. The number of nitrogens with one attached hydrogen (secondary N) is 1. The summed E-state index contributed by atoms with van der Waals surface area (Å²) in [7, 11) is 0. The van der Waals surface area contributed by atoms with Gasteiger partial charge in [0.15, 0.2) is 5.82 Å². The Morgan fingerprint density at radius 2 is 2.22 bits per heavy atom. The third-order valence-electron chi connectivity index (χ3n) is 4.50. The molecule has 3 heterocycles. The number of anilines is 1. The number of amides is 1. The molecular formula is C16H18N4O3. The van der Waals surface area contributed by atoms with Crippen LogP contribution in [0.3, 0.4) is 0 Å². The zero-order valence-electron chi connectivity index (χ0n) is 12.7. The first-order valence-electron chi connectivity index (χ1n) is 7.71. The van der Waals surface area contributed by atoms with Crippen molar-refractivity contribution in [1.29, 1.82) is 0 Å². The lowest BCUT2D eigenvalue weighted by Gasteiger charge is -2.33. The first-order chi connectivity index (χ1) is 11.2. The molecule has 7 nitrogen and oxygen atoms in total. The third kappa shape index (κ3) is 2.51. The van der Waals surface area contributed by atoms with Crippen molar-refractivity contribution in [3.05, 3.63) is 30.1 Å². The van der Waals surface area contributed by atoms with E-state index in [1.165, 1.54) is 0 Å². The summed E-state index contributed by atoms with van der Waals surface area (Å²) in [5.74, 6) is 1.17. The molecule has 1 aromatic heterocycles. The fraction of sp³-hybridized carbons (Fsp3) is 0.438. The van der Waals surface area contributed by atoms with Crippen molar-refractivity contribution in [2.24, 2.45) is 0 Å². The molecule has 7 heteroatoms. The van der Waals surface area contributed by atoms with Gasteiger partial charge >= 0.3 is 0 Å². The number of ether oxygens (including phenoxy) is 1. The molecule has 0 radical (unpaired) electrons. The molecule has 0 aliphatic carbocycles. The predicted octanol–water partition coefficient (Wildman–Crippen LogP) is 0.217. The van der Waals surface area contributed by atoms with Crippen LogP contribution >= 0.6 is 0 Å². The number of hydrogen-bond acceptors (Lipinski definition) is 6. The van der Waals surface area contributed by atoms with Crippen LogP contribution in [0.15, 0.2) is 24.3 Å². The summed E-state index contributed by atoms with van der Waals surface area (Å²) in [5.41, 5.74) is 0.472. The Labute approximate surface area is 133 Å². The molecule has 4 rings (SSSR count). The summed E-state index contributed by atoms with van der Waals surface area (Å²) < 4.78 is 5.81. The first-order valence-corrected chi connectivity index (χ1v) is 7.71. The normalized spacial score (nSPS) is 24.4. The highest BCUT2D eigenvalue weighted by molar-refractivity contribution is 5.89. The minimum absolute atomic E-state index is 0.0656.